The highest BCUT2D eigenvalue weighted by Gasteiger charge is 2.17. The van der Waals surface area contributed by atoms with Crippen molar-refractivity contribution < 1.29 is 9.18 Å². The third-order valence-electron chi connectivity index (χ3n) is 2.34. The van der Waals surface area contributed by atoms with E-state index in [1.165, 1.54) is 35.2 Å². The standard InChI is InChI=1S/C12H11ClFN3OS2/c1-6(19-12-17-16-7(2)20-12)11(18)15-10-4-3-8(14)5-9(10)13/h3-6H,1-2H3,(H,15,18)/t6-/m0/s1. The minimum atomic E-state index is -0.445. The average Bonchev–Trinajstić information content (AvgIpc) is 2.78. The van der Waals surface area contributed by atoms with Gasteiger partial charge in [-0.15, -0.1) is 10.2 Å². The lowest BCUT2D eigenvalue weighted by Gasteiger charge is -2.11. The third-order valence-corrected chi connectivity index (χ3v) is 4.68. The molecule has 0 unspecified atom stereocenters. The molecule has 0 spiro atoms. The van der Waals surface area contributed by atoms with E-state index in [-0.39, 0.29) is 16.2 Å². The number of hydrogen-bond acceptors (Lipinski definition) is 5. The van der Waals surface area contributed by atoms with Gasteiger partial charge in [0.05, 0.1) is 16.0 Å². The molecule has 1 aromatic heterocycles. The topological polar surface area (TPSA) is 54.9 Å². The SMILES string of the molecule is Cc1nnc(S[C@@H](C)C(=O)Nc2ccc(F)cc2Cl)s1. The smallest absolute Gasteiger partial charge is 0.237 e. The molecule has 1 amide bonds. The number of carbonyl (C=O) groups excluding carboxylic acids is 1. The largest absolute Gasteiger partial charge is 0.324 e. The normalized spacial score (nSPS) is 12.2. The summed E-state index contributed by atoms with van der Waals surface area (Å²) in [6.07, 6.45) is 0. The van der Waals surface area contributed by atoms with Crippen LogP contribution in [0.3, 0.4) is 0 Å². The van der Waals surface area contributed by atoms with Gasteiger partial charge in [-0.3, -0.25) is 4.79 Å². The number of hydrogen-bond donors (Lipinski definition) is 1. The monoisotopic (exact) mass is 331 g/mol. The highest BCUT2D eigenvalue weighted by atomic mass is 35.5. The molecule has 0 saturated carbocycles. The van der Waals surface area contributed by atoms with Gasteiger partial charge in [0.2, 0.25) is 5.91 Å². The van der Waals surface area contributed by atoms with E-state index in [2.05, 4.69) is 15.5 Å². The Morgan fingerprint density at radius 2 is 2.25 bits per heavy atom. The van der Waals surface area contributed by atoms with Gasteiger partial charge >= 0.3 is 0 Å². The zero-order chi connectivity index (χ0) is 14.7. The van der Waals surface area contributed by atoms with Crippen molar-refractivity contribution >= 4 is 46.3 Å². The van der Waals surface area contributed by atoms with E-state index in [0.717, 1.165) is 15.4 Å². The number of nitrogens with one attached hydrogen (secondary N) is 1. The first-order chi connectivity index (χ1) is 9.45. The van der Waals surface area contributed by atoms with Crippen molar-refractivity contribution in [1.29, 1.82) is 0 Å². The molecule has 8 heteroatoms. The molecule has 1 aromatic carbocycles. The zero-order valence-corrected chi connectivity index (χ0v) is 13.1. The predicted molar refractivity (Wildman–Crippen MR) is 80.0 cm³/mol. The zero-order valence-electron chi connectivity index (χ0n) is 10.7. The summed E-state index contributed by atoms with van der Waals surface area (Å²) in [6, 6.07) is 3.83. The number of halogens is 2. The third kappa shape index (κ3) is 3.91. The first-order valence-electron chi connectivity index (χ1n) is 5.68. The van der Waals surface area contributed by atoms with Crippen molar-refractivity contribution in [2.24, 2.45) is 0 Å². The Morgan fingerprint density at radius 3 is 2.85 bits per heavy atom. The van der Waals surface area contributed by atoms with Crippen LogP contribution in [0.2, 0.25) is 5.02 Å². The molecule has 106 valence electrons. The van der Waals surface area contributed by atoms with Gasteiger partial charge < -0.3 is 5.32 Å². The van der Waals surface area contributed by atoms with Crippen molar-refractivity contribution in [3.8, 4) is 0 Å². The second-order valence-electron chi connectivity index (χ2n) is 3.96. The lowest BCUT2D eigenvalue weighted by atomic mass is 10.3. The molecular weight excluding hydrogens is 321 g/mol. The summed E-state index contributed by atoms with van der Waals surface area (Å²) in [7, 11) is 0. The number of benzene rings is 1. The van der Waals surface area contributed by atoms with Gasteiger partial charge in [0.25, 0.3) is 0 Å². The molecule has 0 aliphatic rings. The maximum atomic E-state index is 12.9. The minimum absolute atomic E-state index is 0.169. The molecule has 0 bridgehead atoms. The Kier molecular flexibility index (Phi) is 4.95. The summed E-state index contributed by atoms with van der Waals surface area (Å²) in [4.78, 5) is 12.0. The van der Waals surface area contributed by atoms with Gasteiger partial charge in [0, 0.05) is 0 Å². The maximum Gasteiger partial charge on any atom is 0.237 e. The molecule has 2 aromatic rings. The van der Waals surface area contributed by atoms with Crippen LogP contribution in [0.25, 0.3) is 0 Å². The number of amides is 1. The van der Waals surface area contributed by atoms with Crippen LogP contribution < -0.4 is 5.32 Å². The average molecular weight is 332 g/mol. The number of aryl methyl sites for hydroxylation is 1. The second-order valence-corrected chi connectivity index (χ2v) is 7.14. The number of thioether (sulfide) groups is 1. The minimum Gasteiger partial charge on any atom is -0.324 e. The van der Waals surface area contributed by atoms with E-state index in [9.17, 15) is 9.18 Å². The van der Waals surface area contributed by atoms with Crippen molar-refractivity contribution in [2.75, 3.05) is 5.32 Å². The van der Waals surface area contributed by atoms with Gasteiger partial charge in [0.1, 0.15) is 10.8 Å². The lowest BCUT2D eigenvalue weighted by Crippen LogP contribution is -2.22. The molecule has 4 nitrogen and oxygen atoms in total. The van der Waals surface area contributed by atoms with Crippen molar-refractivity contribution in [2.45, 2.75) is 23.4 Å². The second kappa shape index (κ2) is 6.51. The van der Waals surface area contributed by atoms with E-state index >= 15 is 0 Å². The molecule has 0 aliphatic heterocycles. The number of anilines is 1. The number of nitrogens with zero attached hydrogens (tertiary/aromatic N) is 2. The summed E-state index contributed by atoms with van der Waals surface area (Å²) in [5.41, 5.74) is 0.388. The van der Waals surface area contributed by atoms with Crippen LogP contribution in [0.5, 0.6) is 0 Å². The van der Waals surface area contributed by atoms with Gasteiger partial charge in [-0.25, -0.2) is 4.39 Å². The van der Waals surface area contributed by atoms with Crippen LogP contribution >= 0.6 is 34.7 Å². The molecule has 0 aliphatic carbocycles. The fraction of sp³-hybridized carbons (Fsp3) is 0.250. The van der Waals surface area contributed by atoms with Crippen molar-refractivity contribution in [3.63, 3.8) is 0 Å². The highest BCUT2D eigenvalue weighted by Crippen LogP contribution is 2.28. The summed E-state index contributed by atoms with van der Waals surface area (Å²) < 4.78 is 13.7. The van der Waals surface area contributed by atoms with Crippen LogP contribution in [0, 0.1) is 12.7 Å². The van der Waals surface area contributed by atoms with Gasteiger partial charge in [-0.05, 0) is 32.0 Å². The summed E-state index contributed by atoms with van der Waals surface area (Å²) in [5.74, 6) is -0.670. The number of aromatic nitrogens is 2. The highest BCUT2D eigenvalue weighted by molar-refractivity contribution is 8.02. The van der Waals surface area contributed by atoms with E-state index in [4.69, 9.17) is 11.6 Å². The fourth-order valence-electron chi connectivity index (χ4n) is 1.36. The Hall–Kier alpha value is -1.18. The molecular formula is C12H11ClFN3OS2. The first kappa shape index (κ1) is 15.2. The molecule has 0 fully saturated rings. The maximum absolute atomic E-state index is 12.9. The number of rotatable bonds is 4. The van der Waals surface area contributed by atoms with Crippen LogP contribution in [0.1, 0.15) is 11.9 Å². The van der Waals surface area contributed by atoms with Gasteiger partial charge in [0.15, 0.2) is 4.34 Å². The molecule has 20 heavy (non-hydrogen) atoms. The molecule has 1 atom stereocenters. The Labute approximate surface area is 128 Å². The lowest BCUT2D eigenvalue weighted by molar-refractivity contribution is -0.115. The first-order valence-corrected chi connectivity index (χ1v) is 7.76. The summed E-state index contributed by atoms with van der Waals surface area (Å²) in [5, 5.41) is 11.2. The number of carbonyl (C=O) groups is 1. The Balaban J connectivity index is 2.00. The van der Waals surface area contributed by atoms with Crippen molar-refractivity contribution in [3.05, 3.63) is 34.0 Å². The van der Waals surface area contributed by atoms with Crippen LogP contribution in [0.4, 0.5) is 10.1 Å². The van der Waals surface area contributed by atoms with Crippen LogP contribution in [-0.2, 0) is 4.79 Å². The molecule has 1 N–H and O–H groups in total. The van der Waals surface area contributed by atoms with Crippen LogP contribution in [-0.4, -0.2) is 21.4 Å². The molecule has 1 heterocycles. The molecule has 0 saturated heterocycles. The summed E-state index contributed by atoms with van der Waals surface area (Å²) in [6.45, 7) is 3.61. The van der Waals surface area contributed by atoms with E-state index < -0.39 is 5.82 Å². The van der Waals surface area contributed by atoms with E-state index in [0.29, 0.717) is 5.69 Å². The van der Waals surface area contributed by atoms with E-state index in [1.54, 1.807) is 6.92 Å². The molecule has 2 rings (SSSR count). The van der Waals surface area contributed by atoms with Crippen LogP contribution in [0.15, 0.2) is 22.5 Å². The van der Waals surface area contributed by atoms with E-state index in [1.807, 2.05) is 6.92 Å². The van der Waals surface area contributed by atoms with Gasteiger partial charge in [-0.2, -0.15) is 0 Å². The summed E-state index contributed by atoms with van der Waals surface area (Å²) >= 11 is 8.61. The molecule has 0 radical (unpaired) electrons. The quantitative estimate of drug-likeness (QED) is 0.867. The fourth-order valence-corrected chi connectivity index (χ4v) is 3.53. The Morgan fingerprint density at radius 1 is 1.50 bits per heavy atom. The van der Waals surface area contributed by atoms with Gasteiger partial charge in [-0.1, -0.05) is 34.7 Å². The Bertz CT molecular complexity index is 635. The predicted octanol–water partition coefficient (Wildman–Crippen LogP) is 3.76. The van der Waals surface area contributed by atoms with Crippen molar-refractivity contribution in [1.82, 2.24) is 10.2 Å².